The molecule has 2 aliphatic rings. The van der Waals surface area contributed by atoms with Crippen LogP contribution in [0.2, 0.25) is 0 Å². The summed E-state index contributed by atoms with van der Waals surface area (Å²) < 4.78 is 12.6. The van der Waals surface area contributed by atoms with Crippen LogP contribution >= 0.6 is 0 Å². The molecule has 0 unspecified atom stereocenters. The van der Waals surface area contributed by atoms with Gasteiger partial charge in [0.15, 0.2) is 0 Å². The van der Waals surface area contributed by atoms with E-state index < -0.39 is 0 Å². The summed E-state index contributed by atoms with van der Waals surface area (Å²) in [6, 6.07) is 52.8. The molecule has 2 heterocycles. The molecule has 0 atom stereocenters. The van der Waals surface area contributed by atoms with Crippen molar-refractivity contribution in [2.24, 2.45) is 0 Å². The van der Waals surface area contributed by atoms with Crippen molar-refractivity contribution in [1.82, 2.24) is 0 Å². The Labute approximate surface area is 283 Å². The van der Waals surface area contributed by atoms with Gasteiger partial charge in [-0.15, -0.1) is 0 Å². The van der Waals surface area contributed by atoms with E-state index in [1.54, 1.807) is 0 Å². The summed E-state index contributed by atoms with van der Waals surface area (Å²) in [5, 5.41) is 7.25. The van der Waals surface area contributed by atoms with Gasteiger partial charge < -0.3 is 9.15 Å². The quantitative estimate of drug-likeness (QED) is 0.190. The normalized spacial score (nSPS) is 13.8. The average molecular weight is 627 g/mol. The largest absolute Gasteiger partial charge is 0.456 e. The maximum Gasteiger partial charge on any atom is 0.135 e. The fourth-order valence-corrected chi connectivity index (χ4v) is 8.81. The molecule has 9 aromatic rings. The van der Waals surface area contributed by atoms with Crippen molar-refractivity contribution in [2.45, 2.75) is 19.3 Å². The number of benzene rings is 8. The number of hydrogen-bond donors (Lipinski definition) is 0. The molecule has 0 N–H and O–H groups in total. The second-order valence-electron chi connectivity index (χ2n) is 14.0. The molecule has 0 saturated carbocycles. The summed E-state index contributed by atoms with van der Waals surface area (Å²) in [4.78, 5) is 0. The van der Waals surface area contributed by atoms with Crippen LogP contribution in [0.1, 0.15) is 25.0 Å². The van der Waals surface area contributed by atoms with E-state index in [1.807, 2.05) is 12.1 Å². The Hall–Kier alpha value is -6.12. The van der Waals surface area contributed by atoms with Crippen LogP contribution in [0.4, 0.5) is 0 Å². The highest BCUT2D eigenvalue weighted by Crippen LogP contribution is 2.56. The zero-order valence-corrected chi connectivity index (χ0v) is 27.2. The van der Waals surface area contributed by atoms with Crippen LogP contribution in [0, 0.1) is 0 Å². The van der Waals surface area contributed by atoms with Crippen molar-refractivity contribution in [3.8, 4) is 56.0 Å². The Morgan fingerprint density at radius 1 is 0.449 bits per heavy atom. The molecule has 1 aromatic heterocycles. The predicted octanol–water partition coefficient (Wildman–Crippen LogP) is 13.3. The first kappa shape index (κ1) is 26.9. The molecule has 11 rings (SSSR count). The van der Waals surface area contributed by atoms with E-state index in [0.29, 0.717) is 0 Å². The molecule has 0 bridgehead atoms. The first-order valence-corrected chi connectivity index (χ1v) is 17.0. The monoisotopic (exact) mass is 626 g/mol. The molecule has 1 aliphatic heterocycles. The van der Waals surface area contributed by atoms with Gasteiger partial charge >= 0.3 is 0 Å². The van der Waals surface area contributed by atoms with Crippen molar-refractivity contribution >= 4 is 43.5 Å². The summed E-state index contributed by atoms with van der Waals surface area (Å²) in [7, 11) is 0. The molecule has 230 valence electrons. The second-order valence-corrected chi connectivity index (χ2v) is 14.0. The van der Waals surface area contributed by atoms with E-state index in [0.717, 1.165) is 39.0 Å². The Morgan fingerprint density at radius 2 is 1.16 bits per heavy atom. The number of ether oxygens (including phenoxy) is 1. The fraction of sp³-hybridized carbons (Fsp3) is 0.0638. The molecule has 0 amide bonds. The third kappa shape index (κ3) is 3.61. The van der Waals surface area contributed by atoms with E-state index >= 15 is 0 Å². The van der Waals surface area contributed by atoms with Gasteiger partial charge in [-0.2, -0.15) is 0 Å². The topological polar surface area (TPSA) is 22.4 Å². The van der Waals surface area contributed by atoms with Crippen LogP contribution in [0.3, 0.4) is 0 Å². The smallest absolute Gasteiger partial charge is 0.135 e. The van der Waals surface area contributed by atoms with Crippen LogP contribution in [-0.4, -0.2) is 0 Å². The van der Waals surface area contributed by atoms with Gasteiger partial charge in [0.05, 0.1) is 0 Å². The molecular formula is C47H30O2. The van der Waals surface area contributed by atoms with Crippen LogP contribution in [0.15, 0.2) is 150 Å². The van der Waals surface area contributed by atoms with Crippen LogP contribution in [0.5, 0.6) is 11.5 Å². The maximum atomic E-state index is 6.43. The second kappa shape index (κ2) is 9.49. The van der Waals surface area contributed by atoms with Crippen LogP contribution < -0.4 is 4.74 Å². The number of furan rings is 1. The number of hydrogen-bond acceptors (Lipinski definition) is 2. The molecule has 1 aliphatic carbocycles. The number of para-hydroxylation sites is 2. The lowest BCUT2D eigenvalue weighted by Crippen LogP contribution is -2.16. The van der Waals surface area contributed by atoms with Gasteiger partial charge in [-0.3, -0.25) is 0 Å². The molecule has 49 heavy (non-hydrogen) atoms. The minimum atomic E-state index is -0.234. The van der Waals surface area contributed by atoms with Gasteiger partial charge in [0, 0.05) is 27.1 Å². The zero-order chi connectivity index (χ0) is 32.4. The van der Waals surface area contributed by atoms with Crippen LogP contribution in [-0.2, 0) is 5.41 Å². The third-order valence-electron chi connectivity index (χ3n) is 11.0. The highest BCUT2D eigenvalue weighted by atomic mass is 16.5. The van der Waals surface area contributed by atoms with Gasteiger partial charge in [-0.25, -0.2) is 0 Å². The van der Waals surface area contributed by atoms with E-state index in [9.17, 15) is 0 Å². The Balaban J connectivity index is 1.13. The first-order chi connectivity index (χ1) is 24.0. The predicted molar refractivity (Wildman–Crippen MR) is 203 cm³/mol. The molecular weight excluding hydrogens is 597 g/mol. The lowest BCUT2D eigenvalue weighted by molar-refractivity contribution is 0.487. The average Bonchev–Trinajstić information content (AvgIpc) is 3.63. The maximum absolute atomic E-state index is 6.43. The molecule has 2 heteroatoms. The van der Waals surface area contributed by atoms with Gasteiger partial charge in [0.2, 0.25) is 0 Å². The van der Waals surface area contributed by atoms with E-state index in [-0.39, 0.29) is 5.41 Å². The molecule has 0 fully saturated rings. The Morgan fingerprint density at radius 3 is 2.10 bits per heavy atom. The molecule has 8 aromatic carbocycles. The SMILES string of the molecule is CC1(C)c2cc(-c3ccc4c5c(cccc35)-c3ccccc3O4)ccc2-c2c1c(-c1ccc3oc4ccccc4c3c1)cc1ccccc21. The third-order valence-corrected chi connectivity index (χ3v) is 11.0. The molecule has 2 nitrogen and oxygen atoms in total. The summed E-state index contributed by atoms with van der Waals surface area (Å²) in [5.41, 5.74) is 14.3. The number of fused-ring (bicyclic) bond motifs is 10. The van der Waals surface area contributed by atoms with Gasteiger partial charge in [0.1, 0.15) is 22.7 Å². The minimum absolute atomic E-state index is 0.234. The van der Waals surface area contributed by atoms with Crippen molar-refractivity contribution in [1.29, 1.82) is 0 Å². The standard InChI is InChI=1S/C47H30O2/c1-47(2)39-26-29(30-21-23-43-44-34(30)14-9-15-35(44)32-12-5-7-16-40(32)49-43)18-20-36(39)45-31-11-4-3-10-27(31)24-37(46(45)47)28-19-22-42-38(25-28)33-13-6-8-17-41(33)48-42/h3-26H,1-2H3. The summed E-state index contributed by atoms with van der Waals surface area (Å²) in [5.74, 6) is 1.83. The highest BCUT2D eigenvalue weighted by Gasteiger charge is 2.39. The Bertz CT molecular complexity index is 2880. The Kier molecular flexibility index (Phi) is 5.21. The molecule has 0 spiro atoms. The summed E-state index contributed by atoms with van der Waals surface area (Å²) >= 11 is 0. The summed E-state index contributed by atoms with van der Waals surface area (Å²) in [6.45, 7) is 4.79. The van der Waals surface area contributed by atoms with Crippen molar-refractivity contribution in [3.05, 3.63) is 157 Å². The van der Waals surface area contributed by atoms with Crippen molar-refractivity contribution in [2.75, 3.05) is 0 Å². The first-order valence-electron chi connectivity index (χ1n) is 17.0. The highest BCUT2D eigenvalue weighted by molar-refractivity contribution is 6.12. The van der Waals surface area contributed by atoms with E-state index in [1.165, 1.54) is 71.6 Å². The van der Waals surface area contributed by atoms with Gasteiger partial charge in [-0.1, -0.05) is 117 Å². The van der Waals surface area contributed by atoms with Crippen LogP contribution in [0.25, 0.3) is 88.0 Å². The zero-order valence-electron chi connectivity index (χ0n) is 27.2. The lowest BCUT2D eigenvalue weighted by atomic mass is 9.77. The number of rotatable bonds is 2. The van der Waals surface area contributed by atoms with Crippen molar-refractivity contribution < 1.29 is 9.15 Å². The fourth-order valence-electron chi connectivity index (χ4n) is 8.81. The molecule has 0 saturated heterocycles. The van der Waals surface area contributed by atoms with Gasteiger partial charge in [-0.05, 0) is 109 Å². The van der Waals surface area contributed by atoms with Crippen molar-refractivity contribution in [3.63, 3.8) is 0 Å². The summed E-state index contributed by atoms with van der Waals surface area (Å²) in [6.07, 6.45) is 0. The van der Waals surface area contributed by atoms with Gasteiger partial charge in [0.25, 0.3) is 0 Å². The van der Waals surface area contributed by atoms with E-state index in [4.69, 9.17) is 9.15 Å². The van der Waals surface area contributed by atoms with E-state index in [2.05, 4.69) is 147 Å². The minimum Gasteiger partial charge on any atom is -0.456 e. The molecule has 0 radical (unpaired) electrons. The lowest BCUT2D eigenvalue weighted by Gasteiger charge is -2.26.